The normalized spacial score (nSPS) is 14.1. The number of carbonyl (C=O) groups excluding carboxylic acids is 2. The molecule has 1 aromatic heterocycles. The molecular formula is C18H20ClFN4O2. The van der Waals surface area contributed by atoms with E-state index < -0.39 is 0 Å². The van der Waals surface area contributed by atoms with Crippen molar-refractivity contribution >= 4 is 23.4 Å². The van der Waals surface area contributed by atoms with Crippen molar-refractivity contribution in [3.63, 3.8) is 0 Å². The number of nitrogens with zero attached hydrogens (tertiary/aromatic N) is 3. The quantitative estimate of drug-likeness (QED) is 0.786. The van der Waals surface area contributed by atoms with Crippen LogP contribution >= 0.6 is 11.6 Å². The predicted molar refractivity (Wildman–Crippen MR) is 96.0 cm³/mol. The van der Waals surface area contributed by atoms with E-state index in [1.807, 2.05) is 4.90 Å². The van der Waals surface area contributed by atoms with Crippen molar-refractivity contribution in [1.82, 2.24) is 20.0 Å². The van der Waals surface area contributed by atoms with E-state index in [4.69, 9.17) is 11.6 Å². The van der Waals surface area contributed by atoms with Crippen molar-refractivity contribution < 1.29 is 14.0 Å². The summed E-state index contributed by atoms with van der Waals surface area (Å²) in [5, 5.41) is 7.28. The highest BCUT2D eigenvalue weighted by molar-refractivity contribution is 6.33. The lowest BCUT2D eigenvalue weighted by molar-refractivity contribution is -0.127. The molecule has 1 N–H and O–H groups in total. The van der Waals surface area contributed by atoms with Gasteiger partial charge in [0.25, 0.3) is 5.91 Å². The van der Waals surface area contributed by atoms with Gasteiger partial charge in [-0.2, -0.15) is 5.10 Å². The Kier molecular flexibility index (Phi) is 5.56. The largest absolute Gasteiger partial charge is 0.352 e. The standard InChI is InChI=1S/C18H20ClFN4O2/c1-12-16(17(19)24(22-12)14-7-5-13(20)6-8-14)18(26)21-9-3-11-23-10-2-4-15(23)25/h5-8H,2-4,9-11H2,1H3,(H,21,26). The van der Waals surface area contributed by atoms with Crippen LogP contribution in [0.5, 0.6) is 0 Å². The second-order valence-corrected chi connectivity index (χ2v) is 6.59. The highest BCUT2D eigenvalue weighted by Gasteiger charge is 2.22. The molecular weight excluding hydrogens is 359 g/mol. The molecule has 0 unspecified atom stereocenters. The van der Waals surface area contributed by atoms with Crippen LogP contribution in [0.4, 0.5) is 4.39 Å². The molecule has 1 aliphatic heterocycles. The van der Waals surface area contributed by atoms with E-state index in [0.717, 1.165) is 13.0 Å². The minimum absolute atomic E-state index is 0.177. The molecule has 138 valence electrons. The molecule has 0 atom stereocenters. The first kappa shape index (κ1) is 18.4. The average molecular weight is 379 g/mol. The van der Waals surface area contributed by atoms with E-state index in [-0.39, 0.29) is 22.8 Å². The highest BCUT2D eigenvalue weighted by atomic mass is 35.5. The number of halogens is 2. The van der Waals surface area contributed by atoms with Crippen LogP contribution in [0, 0.1) is 12.7 Å². The van der Waals surface area contributed by atoms with E-state index in [1.165, 1.54) is 16.8 Å². The Balaban J connectivity index is 1.62. The number of carbonyl (C=O) groups is 2. The van der Waals surface area contributed by atoms with Crippen LogP contribution in [0.15, 0.2) is 24.3 Å². The zero-order valence-corrected chi connectivity index (χ0v) is 15.2. The van der Waals surface area contributed by atoms with Gasteiger partial charge in [0.1, 0.15) is 11.0 Å². The van der Waals surface area contributed by atoms with Crippen molar-refractivity contribution in [2.75, 3.05) is 19.6 Å². The maximum Gasteiger partial charge on any atom is 0.256 e. The van der Waals surface area contributed by atoms with Crippen molar-refractivity contribution in [2.24, 2.45) is 0 Å². The third-order valence-corrected chi connectivity index (χ3v) is 4.71. The second kappa shape index (κ2) is 7.86. The Bertz CT molecular complexity index is 819. The van der Waals surface area contributed by atoms with E-state index in [9.17, 15) is 14.0 Å². The van der Waals surface area contributed by atoms with Crippen molar-refractivity contribution in [3.8, 4) is 5.69 Å². The Morgan fingerprint density at radius 2 is 2.08 bits per heavy atom. The van der Waals surface area contributed by atoms with Gasteiger partial charge in [-0.05, 0) is 44.0 Å². The van der Waals surface area contributed by atoms with Gasteiger partial charge in [-0.1, -0.05) is 11.6 Å². The SMILES string of the molecule is Cc1nn(-c2ccc(F)cc2)c(Cl)c1C(=O)NCCCN1CCCC1=O. The van der Waals surface area contributed by atoms with Crippen LogP contribution in [-0.2, 0) is 4.79 Å². The Morgan fingerprint density at radius 1 is 1.35 bits per heavy atom. The second-order valence-electron chi connectivity index (χ2n) is 6.23. The molecule has 1 saturated heterocycles. The number of nitrogens with one attached hydrogen (secondary N) is 1. The number of rotatable bonds is 6. The number of amides is 2. The topological polar surface area (TPSA) is 67.2 Å². The Hall–Kier alpha value is -2.41. The number of hydrogen-bond acceptors (Lipinski definition) is 3. The zero-order chi connectivity index (χ0) is 18.7. The van der Waals surface area contributed by atoms with Gasteiger partial charge < -0.3 is 10.2 Å². The highest BCUT2D eigenvalue weighted by Crippen LogP contribution is 2.23. The van der Waals surface area contributed by atoms with Crippen LogP contribution in [0.3, 0.4) is 0 Å². The maximum atomic E-state index is 13.1. The van der Waals surface area contributed by atoms with E-state index in [1.54, 1.807) is 19.1 Å². The molecule has 0 saturated carbocycles. The fourth-order valence-electron chi connectivity index (χ4n) is 3.01. The van der Waals surface area contributed by atoms with E-state index in [2.05, 4.69) is 10.4 Å². The van der Waals surface area contributed by atoms with Gasteiger partial charge in [0.15, 0.2) is 0 Å². The van der Waals surface area contributed by atoms with Crippen molar-refractivity contribution in [3.05, 3.63) is 46.5 Å². The maximum absolute atomic E-state index is 13.1. The van der Waals surface area contributed by atoms with Gasteiger partial charge in [-0.15, -0.1) is 0 Å². The van der Waals surface area contributed by atoms with Gasteiger partial charge in [-0.25, -0.2) is 9.07 Å². The first-order valence-electron chi connectivity index (χ1n) is 8.54. The molecule has 0 spiro atoms. The first-order valence-corrected chi connectivity index (χ1v) is 8.92. The molecule has 0 radical (unpaired) electrons. The van der Waals surface area contributed by atoms with Crippen LogP contribution in [0.25, 0.3) is 5.69 Å². The summed E-state index contributed by atoms with van der Waals surface area (Å²) in [5.74, 6) is -0.493. The molecule has 2 heterocycles. The summed E-state index contributed by atoms with van der Waals surface area (Å²) in [4.78, 5) is 25.8. The molecule has 0 aliphatic carbocycles. The lowest BCUT2D eigenvalue weighted by Gasteiger charge is -2.15. The van der Waals surface area contributed by atoms with Gasteiger partial charge >= 0.3 is 0 Å². The summed E-state index contributed by atoms with van der Waals surface area (Å²) < 4.78 is 14.5. The van der Waals surface area contributed by atoms with Crippen molar-refractivity contribution in [1.29, 1.82) is 0 Å². The zero-order valence-electron chi connectivity index (χ0n) is 14.5. The van der Waals surface area contributed by atoms with Gasteiger partial charge in [0.2, 0.25) is 5.91 Å². The molecule has 6 nitrogen and oxygen atoms in total. The van der Waals surface area contributed by atoms with Gasteiger partial charge in [-0.3, -0.25) is 9.59 Å². The van der Waals surface area contributed by atoms with Crippen molar-refractivity contribution in [2.45, 2.75) is 26.2 Å². The smallest absolute Gasteiger partial charge is 0.256 e. The average Bonchev–Trinajstić information content (AvgIpc) is 3.15. The van der Waals surface area contributed by atoms with Crippen LogP contribution in [0.1, 0.15) is 35.3 Å². The predicted octanol–water partition coefficient (Wildman–Crippen LogP) is 2.72. The molecule has 1 fully saturated rings. The Morgan fingerprint density at radius 3 is 2.73 bits per heavy atom. The Labute approximate surface area is 155 Å². The lowest BCUT2D eigenvalue weighted by Crippen LogP contribution is -2.30. The molecule has 3 rings (SSSR count). The number of likely N-dealkylation sites (tertiary alicyclic amines) is 1. The summed E-state index contributed by atoms with van der Waals surface area (Å²) in [6.07, 6.45) is 2.20. The van der Waals surface area contributed by atoms with Crippen LogP contribution in [0.2, 0.25) is 5.15 Å². The van der Waals surface area contributed by atoms with E-state index >= 15 is 0 Å². The van der Waals surface area contributed by atoms with Crippen LogP contribution < -0.4 is 5.32 Å². The molecule has 0 bridgehead atoms. The molecule has 2 amide bonds. The van der Waals surface area contributed by atoms with Gasteiger partial charge in [0.05, 0.1) is 16.9 Å². The number of aromatic nitrogens is 2. The first-order chi connectivity index (χ1) is 12.5. The third kappa shape index (κ3) is 3.88. The number of hydrogen-bond donors (Lipinski definition) is 1. The summed E-state index contributed by atoms with van der Waals surface area (Å²) in [6.45, 7) is 3.58. The summed E-state index contributed by atoms with van der Waals surface area (Å²) >= 11 is 6.33. The lowest BCUT2D eigenvalue weighted by atomic mass is 10.2. The summed E-state index contributed by atoms with van der Waals surface area (Å²) in [6, 6.07) is 5.70. The minimum Gasteiger partial charge on any atom is -0.352 e. The number of benzene rings is 1. The molecule has 1 aromatic carbocycles. The minimum atomic E-state index is -0.358. The molecule has 2 aromatic rings. The molecule has 8 heteroatoms. The summed E-state index contributed by atoms with van der Waals surface area (Å²) in [5.41, 5.74) is 1.37. The van der Waals surface area contributed by atoms with Crippen LogP contribution in [-0.4, -0.2) is 46.1 Å². The summed E-state index contributed by atoms with van der Waals surface area (Å²) in [7, 11) is 0. The number of aryl methyl sites for hydroxylation is 1. The third-order valence-electron chi connectivity index (χ3n) is 4.36. The fraction of sp³-hybridized carbons (Fsp3) is 0.389. The monoisotopic (exact) mass is 378 g/mol. The van der Waals surface area contributed by atoms with E-state index in [0.29, 0.717) is 42.9 Å². The molecule has 26 heavy (non-hydrogen) atoms. The molecule has 1 aliphatic rings. The van der Waals surface area contributed by atoms with Gasteiger partial charge in [0, 0.05) is 26.1 Å². The fourth-order valence-corrected chi connectivity index (χ4v) is 3.37.